The highest BCUT2D eigenvalue weighted by molar-refractivity contribution is 5.83. The van der Waals surface area contributed by atoms with Gasteiger partial charge in [0.25, 0.3) is 5.56 Å². The predicted octanol–water partition coefficient (Wildman–Crippen LogP) is 1.37. The number of hydrogen-bond acceptors (Lipinski definition) is 6. The molecule has 9 nitrogen and oxygen atoms in total. The van der Waals surface area contributed by atoms with E-state index in [1.54, 1.807) is 6.07 Å². The molecule has 0 saturated carbocycles. The van der Waals surface area contributed by atoms with Crippen molar-refractivity contribution in [2.45, 2.75) is 52.2 Å². The lowest BCUT2D eigenvalue weighted by Gasteiger charge is -2.34. The lowest BCUT2D eigenvalue weighted by atomic mass is 10.1. The Labute approximate surface area is 186 Å². The van der Waals surface area contributed by atoms with E-state index in [1.807, 2.05) is 30.0 Å². The Hall–Kier alpha value is -3.07. The van der Waals surface area contributed by atoms with Crippen LogP contribution in [-0.2, 0) is 30.8 Å². The summed E-state index contributed by atoms with van der Waals surface area (Å²) in [4.78, 5) is 29.8. The molecule has 2 aliphatic rings. The summed E-state index contributed by atoms with van der Waals surface area (Å²) in [5.74, 6) is 2.07. The maximum absolute atomic E-state index is 12.9. The lowest BCUT2D eigenvalue weighted by molar-refractivity contribution is -0.133. The standard InChI is InChI=1S/C23H29N7O2/c1-17-18-7-4-5-8-19(18)23(32)30(26-17)16-22(31)28-13-11-27(12-14-28)15-21-25-24-20-9-3-2-6-10-29(20)21/h4-5,7-8H,2-3,6,9-16H2,1H3. The van der Waals surface area contributed by atoms with Gasteiger partial charge in [0.1, 0.15) is 18.2 Å². The van der Waals surface area contributed by atoms with Crippen molar-refractivity contribution in [2.75, 3.05) is 26.2 Å². The van der Waals surface area contributed by atoms with Gasteiger partial charge in [-0.3, -0.25) is 14.5 Å². The van der Waals surface area contributed by atoms with Crippen molar-refractivity contribution < 1.29 is 4.79 Å². The molecule has 1 fully saturated rings. The summed E-state index contributed by atoms with van der Waals surface area (Å²) in [6.07, 6.45) is 4.63. The zero-order chi connectivity index (χ0) is 22.1. The van der Waals surface area contributed by atoms with E-state index in [1.165, 1.54) is 23.9 Å². The molecule has 5 rings (SSSR count). The van der Waals surface area contributed by atoms with Gasteiger partial charge in [-0.15, -0.1) is 10.2 Å². The number of benzene rings is 1. The number of fused-ring (bicyclic) bond motifs is 2. The topological polar surface area (TPSA) is 89.2 Å². The van der Waals surface area contributed by atoms with Crippen LogP contribution in [0.15, 0.2) is 29.1 Å². The summed E-state index contributed by atoms with van der Waals surface area (Å²) in [7, 11) is 0. The zero-order valence-corrected chi connectivity index (χ0v) is 18.5. The largest absolute Gasteiger partial charge is 0.339 e. The van der Waals surface area contributed by atoms with Gasteiger partial charge in [-0.25, -0.2) is 4.68 Å². The summed E-state index contributed by atoms with van der Waals surface area (Å²) in [5.41, 5.74) is 0.538. The molecule has 0 spiro atoms. The Balaban J connectivity index is 1.21. The Morgan fingerprint density at radius 3 is 2.56 bits per heavy atom. The van der Waals surface area contributed by atoms with Gasteiger partial charge in [-0.2, -0.15) is 5.10 Å². The monoisotopic (exact) mass is 435 g/mol. The van der Waals surface area contributed by atoms with Crippen molar-refractivity contribution in [1.82, 2.24) is 34.3 Å². The summed E-state index contributed by atoms with van der Waals surface area (Å²) in [6.45, 7) is 6.46. The smallest absolute Gasteiger partial charge is 0.275 e. The minimum atomic E-state index is -0.217. The molecule has 1 saturated heterocycles. The first-order chi connectivity index (χ1) is 15.6. The third-order valence-electron chi connectivity index (χ3n) is 6.61. The average molecular weight is 436 g/mol. The molecule has 9 heteroatoms. The van der Waals surface area contributed by atoms with Gasteiger partial charge in [0, 0.05) is 44.5 Å². The van der Waals surface area contributed by atoms with E-state index in [0.29, 0.717) is 18.5 Å². The zero-order valence-electron chi connectivity index (χ0n) is 18.5. The van der Waals surface area contributed by atoms with Gasteiger partial charge in [-0.05, 0) is 25.8 Å². The number of aryl methyl sites for hydroxylation is 2. The highest BCUT2D eigenvalue weighted by Crippen LogP contribution is 2.16. The van der Waals surface area contributed by atoms with Crippen molar-refractivity contribution in [2.24, 2.45) is 0 Å². The Kier molecular flexibility index (Phi) is 5.73. The SMILES string of the molecule is Cc1nn(CC(=O)N2CCN(Cc3nnc4n3CCCCC4)CC2)c(=O)c2ccccc12. The second-order valence-corrected chi connectivity index (χ2v) is 8.75. The summed E-state index contributed by atoms with van der Waals surface area (Å²) < 4.78 is 3.59. The number of carbonyl (C=O) groups excluding carboxylic acids is 1. The number of hydrogen-bond donors (Lipinski definition) is 0. The number of carbonyl (C=O) groups is 1. The van der Waals surface area contributed by atoms with E-state index >= 15 is 0 Å². The molecule has 0 aliphatic carbocycles. The average Bonchev–Trinajstić information content (AvgIpc) is 3.03. The molecule has 3 aromatic rings. The van der Waals surface area contributed by atoms with Gasteiger partial charge in [0.2, 0.25) is 5.91 Å². The Morgan fingerprint density at radius 1 is 0.969 bits per heavy atom. The van der Waals surface area contributed by atoms with Gasteiger partial charge < -0.3 is 9.47 Å². The van der Waals surface area contributed by atoms with Crippen LogP contribution in [0, 0.1) is 6.92 Å². The molecule has 0 radical (unpaired) electrons. The Bertz CT molecular complexity index is 1190. The predicted molar refractivity (Wildman–Crippen MR) is 120 cm³/mol. The van der Waals surface area contributed by atoms with E-state index in [-0.39, 0.29) is 18.0 Å². The molecular formula is C23H29N7O2. The highest BCUT2D eigenvalue weighted by Gasteiger charge is 2.24. The fourth-order valence-corrected chi connectivity index (χ4v) is 4.76. The van der Waals surface area contributed by atoms with Crippen molar-refractivity contribution in [3.05, 3.63) is 52.0 Å². The van der Waals surface area contributed by atoms with Crippen LogP contribution in [0.3, 0.4) is 0 Å². The first-order valence-corrected chi connectivity index (χ1v) is 11.5. The molecule has 1 amide bonds. The quantitative estimate of drug-likeness (QED) is 0.615. The van der Waals surface area contributed by atoms with Crippen LogP contribution in [0.25, 0.3) is 10.8 Å². The molecule has 1 aromatic carbocycles. The number of piperazine rings is 1. The fourth-order valence-electron chi connectivity index (χ4n) is 4.76. The second-order valence-electron chi connectivity index (χ2n) is 8.75. The van der Waals surface area contributed by atoms with E-state index in [4.69, 9.17) is 0 Å². The molecule has 4 heterocycles. The van der Waals surface area contributed by atoms with Crippen LogP contribution < -0.4 is 5.56 Å². The molecule has 168 valence electrons. The van der Waals surface area contributed by atoms with Gasteiger partial charge >= 0.3 is 0 Å². The van der Waals surface area contributed by atoms with Crippen LogP contribution in [0.5, 0.6) is 0 Å². The van der Waals surface area contributed by atoms with Gasteiger partial charge in [-0.1, -0.05) is 24.6 Å². The van der Waals surface area contributed by atoms with Crippen LogP contribution in [0.2, 0.25) is 0 Å². The highest BCUT2D eigenvalue weighted by atomic mass is 16.2. The number of amides is 1. The molecule has 0 bridgehead atoms. The van der Waals surface area contributed by atoms with Crippen molar-refractivity contribution in [3.63, 3.8) is 0 Å². The summed E-state index contributed by atoms with van der Waals surface area (Å²) in [6, 6.07) is 7.40. The maximum atomic E-state index is 12.9. The molecule has 0 N–H and O–H groups in total. The van der Waals surface area contributed by atoms with Crippen molar-refractivity contribution >= 4 is 16.7 Å². The van der Waals surface area contributed by atoms with E-state index in [0.717, 1.165) is 55.3 Å². The van der Waals surface area contributed by atoms with Crippen LogP contribution in [0.4, 0.5) is 0 Å². The van der Waals surface area contributed by atoms with Crippen LogP contribution >= 0.6 is 0 Å². The molecule has 2 aromatic heterocycles. The van der Waals surface area contributed by atoms with Crippen LogP contribution in [0.1, 0.15) is 36.6 Å². The van der Waals surface area contributed by atoms with E-state index in [2.05, 4.69) is 24.8 Å². The van der Waals surface area contributed by atoms with Gasteiger partial charge in [0.15, 0.2) is 0 Å². The third kappa shape index (κ3) is 4.04. The fraction of sp³-hybridized carbons (Fsp3) is 0.522. The minimum Gasteiger partial charge on any atom is -0.339 e. The molecule has 2 aliphatic heterocycles. The second kappa shape index (κ2) is 8.82. The summed E-state index contributed by atoms with van der Waals surface area (Å²) in [5, 5.41) is 14.6. The van der Waals surface area contributed by atoms with E-state index in [9.17, 15) is 9.59 Å². The summed E-state index contributed by atoms with van der Waals surface area (Å²) >= 11 is 0. The first-order valence-electron chi connectivity index (χ1n) is 11.5. The lowest BCUT2D eigenvalue weighted by Crippen LogP contribution is -2.50. The molecular weight excluding hydrogens is 406 g/mol. The van der Waals surface area contributed by atoms with Crippen LogP contribution in [-0.4, -0.2) is 66.4 Å². The molecule has 0 unspecified atom stereocenters. The maximum Gasteiger partial charge on any atom is 0.275 e. The first kappa shape index (κ1) is 20.8. The van der Waals surface area contributed by atoms with Crippen molar-refractivity contribution in [3.8, 4) is 0 Å². The normalized spacial score (nSPS) is 17.3. The van der Waals surface area contributed by atoms with Gasteiger partial charge in [0.05, 0.1) is 17.6 Å². The van der Waals surface area contributed by atoms with Crippen molar-refractivity contribution in [1.29, 1.82) is 0 Å². The third-order valence-corrected chi connectivity index (χ3v) is 6.61. The number of aromatic nitrogens is 5. The number of rotatable bonds is 4. The molecule has 0 atom stereocenters. The Morgan fingerprint density at radius 2 is 1.75 bits per heavy atom. The minimum absolute atomic E-state index is 0.0256. The number of nitrogens with zero attached hydrogens (tertiary/aromatic N) is 7. The molecule has 32 heavy (non-hydrogen) atoms. The van der Waals surface area contributed by atoms with E-state index < -0.39 is 0 Å².